The maximum absolute atomic E-state index is 13.1. The van der Waals surface area contributed by atoms with Gasteiger partial charge in [0.1, 0.15) is 6.17 Å². The molecular weight excluding hydrogens is 255 g/mol. The monoisotopic (exact) mass is 276 g/mol. The number of rotatable bonds is 4. The Labute approximate surface area is 118 Å². The van der Waals surface area contributed by atoms with E-state index >= 15 is 0 Å². The summed E-state index contributed by atoms with van der Waals surface area (Å²) in [6.07, 6.45) is 1.63. The summed E-state index contributed by atoms with van der Waals surface area (Å²) in [6, 6.07) is 7.99. The van der Waals surface area contributed by atoms with Crippen molar-refractivity contribution in [3.8, 4) is 0 Å². The zero-order valence-corrected chi connectivity index (χ0v) is 11.8. The van der Waals surface area contributed by atoms with Crippen molar-refractivity contribution < 1.29 is 9.18 Å². The van der Waals surface area contributed by atoms with Crippen molar-refractivity contribution in [3.63, 3.8) is 0 Å². The summed E-state index contributed by atoms with van der Waals surface area (Å²) in [4.78, 5) is 12.0. The van der Waals surface area contributed by atoms with Gasteiger partial charge < -0.3 is 10.6 Å². The number of carbonyl (C=O) groups is 1. The number of amides is 1. The predicted octanol–water partition coefficient (Wildman–Crippen LogP) is 1.84. The van der Waals surface area contributed by atoms with Crippen molar-refractivity contribution in [3.05, 3.63) is 35.4 Å². The number of alkyl halides is 1. The van der Waals surface area contributed by atoms with Crippen LogP contribution >= 0.6 is 0 Å². The summed E-state index contributed by atoms with van der Waals surface area (Å²) in [5.74, 6) is -0.0648. The SMILES string of the molecule is Cc1ccccc1C1(CNC(=O)[C@H]2C[C@H](F)CN2)CC1. The molecular formula is C16H21FN2O. The number of benzene rings is 1. The second kappa shape index (κ2) is 5.17. The Morgan fingerprint density at radius 2 is 2.20 bits per heavy atom. The third kappa shape index (κ3) is 2.57. The van der Waals surface area contributed by atoms with Crippen LogP contribution < -0.4 is 10.6 Å². The molecule has 3 nitrogen and oxygen atoms in total. The quantitative estimate of drug-likeness (QED) is 0.881. The average molecular weight is 276 g/mol. The molecule has 108 valence electrons. The van der Waals surface area contributed by atoms with Crippen LogP contribution in [0.5, 0.6) is 0 Å². The molecule has 1 heterocycles. The van der Waals surface area contributed by atoms with Gasteiger partial charge in [-0.05, 0) is 30.9 Å². The van der Waals surface area contributed by atoms with Crippen LogP contribution in [-0.2, 0) is 10.2 Å². The molecule has 1 saturated heterocycles. The first kappa shape index (κ1) is 13.6. The van der Waals surface area contributed by atoms with Crippen molar-refractivity contribution in [2.45, 2.75) is 43.8 Å². The first-order valence-corrected chi connectivity index (χ1v) is 7.32. The minimum atomic E-state index is -0.892. The minimum Gasteiger partial charge on any atom is -0.354 e. The molecule has 0 unspecified atom stereocenters. The fraction of sp³-hybridized carbons (Fsp3) is 0.562. The number of aryl methyl sites for hydroxylation is 1. The van der Waals surface area contributed by atoms with Crippen LogP contribution in [0.3, 0.4) is 0 Å². The van der Waals surface area contributed by atoms with Crippen molar-refractivity contribution >= 4 is 5.91 Å². The van der Waals surface area contributed by atoms with Gasteiger partial charge in [-0.3, -0.25) is 4.79 Å². The van der Waals surface area contributed by atoms with Gasteiger partial charge in [-0.2, -0.15) is 0 Å². The molecule has 1 aliphatic carbocycles. The largest absolute Gasteiger partial charge is 0.354 e. The summed E-state index contributed by atoms with van der Waals surface area (Å²) < 4.78 is 13.1. The molecule has 2 aliphatic rings. The van der Waals surface area contributed by atoms with Crippen molar-refractivity contribution in [2.24, 2.45) is 0 Å². The van der Waals surface area contributed by atoms with Crippen molar-refractivity contribution in [1.82, 2.24) is 10.6 Å². The molecule has 1 amide bonds. The topological polar surface area (TPSA) is 41.1 Å². The fourth-order valence-electron chi connectivity index (χ4n) is 3.13. The maximum atomic E-state index is 13.1. The number of carbonyl (C=O) groups excluding carboxylic acids is 1. The summed E-state index contributed by atoms with van der Waals surface area (Å²) in [6.45, 7) is 3.07. The second-order valence-corrected chi connectivity index (χ2v) is 6.11. The number of halogens is 1. The summed E-state index contributed by atoms with van der Waals surface area (Å²) in [5.41, 5.74) is 2.72. The first-order chi connectivity index (χ1) is 9.61. The van der Waals surface area contributed by atoms with Gasteiger partial charge >= 0.3 is 0 Å². The molecule has 1 saturated carbocycles. The smallest absolute Gasteiger partial charge is 0.237 e. The Morgan fingerprint density at radius 3 is 2.80 bits per heavy atom. The lowest BCUT2D eigenvalue weighted by Crippen LogP contribution is -2.43. The van der Waals surface area contributed by atoms with E-state index in [2.05, 4.69) is 35.8 Å². The van der Waals surface area contributed by atoms with Gasteiger partial charge in [0, 0.05) is 24.9 Å². The standard InChI is InChI=1S/C16H21FN2O/c1-11-4-2-3-5-13(11)16(6-7-16)10-19-15(20)14-8-12(17)9-18-14/h2-5,12,14,18H,6-10H2,1H3,(H,19,20)/t12-,14+/m0/s1. The molecule has 4 heteroatoms. The first-order valence-electron chi connectivity index (χ1n) is 7.32. The molecule has 0 spiro atoms. The average Bonchev–Trinajstić information content (AvgIpc) is 3.10. The molecule has 0 bridgehead atoms. The summed E-state index contributed by atoms with van der Waals surface area (Å²) in [7, 11) is 0. The molecule has 20 heavy (non-hydrogen) atoms. The number of nitrogens with one attached hydrogen (secondary N) is 2. The molecule has 1 aliphatic heterocycles. The van der Waals surface area contributed by atoms with Crippen LogP contribution in [0.15, 0.2) is 24.3 Å². The number of hydrogen-bond donors (Lipinski definition) is 2. The van der Waals surface area contributed by atoms with E-state index in [4.69, 9.17) is 0 Å². The molecule has 1 aromatic carbocycles. The molecule has 2 atom stereocenters. The van der Waals surface area contributed by atoms with Crippen LogP contribution in [0.2, 0.25) is 0 Å². The van der Waals surface area contributed by atoms with Gasteiger partial charge in [-0.1, -0.05) is 24.3 Å². The van der Waals surface area contributed by atoms with Crippen LogP contribution in [0.1, 0.15) is 30.4 Å². The van der Waals surface area contributed by atoms with Gasteiger partial charge in [0.15, 0.2) is 0 Å². The molecule has 2 N–H and O–H groups in total. The zero-order valence-electron chi connectivity index (χ0n) is 11.8. The molecule has 1 aromatic rings. The normalized spacial score (nSPS) is 27.3. The lowest BCUT2D eigenvalue weighted by molar-refractivity contribution is -0.123. The van der Waals surface area contributed by atoms with Gasteiger partial charge in [0.2, 0.25) is 5.91 Å². The van der Waals surface area contributed by atoms with E-state index in [9.17, 15) is 9.18 Å². The number of hydrogen-bond acceptors (Lipinski definition) is 2. The van der Waals surface area contributed by atoms with E-state index in [0.29, 0.717) is 19.5 Å². The van der Waals surface area contributed by atoms with E-state index in [1.807, 2.05) is 6.07 Å². The third-order valence-corrected chi connectivity index (χ3v) is 4.56. The minimum absolute atomic E-state index is 0.0648. The highest BCUT2D eigenvalue weighted by atomic mass is 19.1. The van der Waals surface area contributed by atoms with Crippen LogP contribution in [0.4, 0.5) is 4.39 Å². The van der Waals surface area contributed by atoms with Crippen molar-refractivity contribution in [1.29, 1.82) is 0 Å². The Kier molecular flexibility index (Phi) is 3.50. The van der Waals surface area contributed by atoms with Gasteiger partial charge in [-0.15, -0.1) is 0 Å². The molecule has 0 radical (unpaired) electrons. The highest BCUT2D eigenvalue weighted by Crippen LogP contribution is 2.48. The highest BCUT2D eigenvalue weighted by molar-refractivity contribution is 5.82. The highest BCUT2D eigenvalue weighted by Gasteiger charge is 2.45. The van der Waals surface area contributed by atoms with Crippen molar-refractivity contribution in [2.75, 3.05) is 13.1 Å². The van der Waals surface area contributed by atoms with E-state index in [0.717, 1.165) is 12.8 Å². The van der Waals surface area contributed by atoms with E-state index < -0.39 is 6.17 Å². The van der Waals surface area contributed by atoms with Gasteiger partial charge in [0.25, 0.3) is 0 Å². The summed E-state index contributed by atoms with van der Waals surface area (Å²) in [5, 5.41) is 5.93. The molecule has 2 fully saturated rings. The van der Waals surface area contributed by atoms with Crippen LogP contribution in [0, 0.1) is 6.92 Å². The van der Waals surface area contributed by atoms with Crippen LogP contribution in [-0.4, -0.2) is 31.2 Å². The second-order valence-electron chi connectivity index (χ2n) is 6.11. The van der Waals surface area contributed by atoms with Crippen LogP contribution in [0.25, 0.3) is 0 Å². The Morgan fingerprint density at radius 1 is 1.45 bits per heavy atom. The Balaban J connectivity index is 1.61. The molecule has 0 aromatic heterocycles. The lowest BCUT2D eigenvalue weighted by Gasteiger charge is -2.20. The Hall–Kier alpha value is -1.42. The lowest BCUT2D eigenvalue weighted by atomic mass is 9.92. The van der Waals surface area contributed by atoms with E-state index in [-0.39, 0.29) is 17.4 Å². The Bertz CT molecular complexity index is 513. The van der Waals surface area contributed by atoms with E-state index in [1.165, 1.54) is 11.1 Å². The fourth-order valence-corrected chi connectivity index (χ4v) is 3.13. The summed E-state index contributed by atoms with van der Waals surface area (Å²) >= 11 is 0. The third-order valence-electron chi connectivity index (χ3n) is 4.56. The van der Waals surface area contributed by atoms with E-state index in [1.54, 1.807) is 0 Å². The zero-order chi connectivity index (χ0) is 14.2. The predicted molar refractivity (Wildman–Crippen MR) is 76.4 cm³/mol. The van der Waals surface area contributed by atoms with Gasteiger partial charge in [0.05, 0.1) is 6.04 Å². The van der Waals surface area contributed by atoms with Gasteiger partial charge in [-0.25, -0.2) is 4.39 Å². The maximum Gasteiger partial charge on any atom is 0.237 e. The molecule has 3 rings (SSSR count).